The van der Waals surface area contributed by atoms with E-state index in [1.54, 1.807) is 24.8 Å². The van der Waals surface area contributed by atoms with Gasteiger partial charge in [0.25, 0.3) is 0 Å². The van der Waals surface area contributed by atoms with Gasteiger partial charge in [-0.2, -0.15) is 0 Å². The Morgan fingerprint density at radius 1 is 0.590 bits per heavy atom. The van der Waals surface area contributed by atoms with Crippen LogP contribution in [0.15, 0.2) is 134 Å². The zero-order valence-corrected chi connectivity index (χ0v) is 33.9. The number of nitrogens with two attached hydrogens (primary N) is 2. The number of carboxylic acids is 1. The molecule has 12 nitrogen and oxygen atoms in total. The standard InChI is InChI=1S/C25H24N4O2.C24H22N4O2/c1-31-23(30)16-29-15-21(20-5-2-3-6-22(20)29)25(11-4-12-25)19-9-7-17(8-10-19)18-13-27-24(26)28-14-18;25-23-26-12-17(13-27-23)16-6-8-18(9-7-16)24(10-3-11-24)20-14-28(15-22(29)30)21-5-2-1-4-19(20)21/h2-3,5-10,13-15H,4,11-12,16H2,1H3,(H2,26,27,28);1-2,4-9,12-14H,3,10-11,15H2,(H,29,30)(H2,25,26,27). The van der Waals surface area contributed by atoms with Crippen LogP contribution in [0.5, 0.6) is 0 Å². The SMILES string of the molecule is COC(=O)Cn1cc(C2(c3ccc(-c4cnc(N)nc4)cc3)CCC2)c2ccccc21.Nc1ncc(-c2ccc(C3(c4cn(CC(=O)O)c5ccccc45)CCC3)cc2)cn1. The number of ether oxygens (including phenoxy) is 1. The number of carbonyl (C=O) groups is 2. The van der Waals surface area contributed by atoms with Crippen LogP contribution in [0.3, 0.4) is 0 Å². The maximum Gasteiger partial charge on any atom is 0.325 e. The van der Waals surface area contributed by atoms with Crippen molar-refractivity contribution in [1.82, 2.24) is 29.1 Å². The summed E-state index contributed by atoms with van der Waals surface area (Å²) in [6.45, 7) is 0.176. The average Bonchev–Trinajstić information content (AvgIpc) is 3.79. The Morgan fingerprint density at radius 2 is 0.984 bits per heavy atom. The van der Waals surface area contributed by atoms with Crippen LogP contribution < -0.4 is 11.5 Å². The van der Waals surface area contributed by atoms with E-state index in [9.17, 15) is 14.7 Å². The summed E-state index contributed by atoms with van der Waals surface area (Å²) in [6.07, 6.45) is 17.8. The van der Waals surface area contributed by atoms with Crippen molar-refractivity contribution in [3.05, 3.63) is 156 Å². The zero-order chi connectivity index (χ0) is 42.1. The number of anilines is 2. The highest BCUT2D eigenvalue weighted by Crippen LogP contribution is 2.53. The molecule has 2 aliphatic carbocycles. The lowest BCUT2D eigenvalue weighted by Crippen LogP contribution is -2.35. The van der Waals surface area contributed by atoms with Crippen LogP contribution >= 0.6 is 0 Å². The number of carbonyl (C=O) groups excluding carboxylic acids is 1. The molecule has 306 valence electrons. The molecule has 4 heterocycles. The van der Waals surface area contributed by atoms with Gasteiger partial charge in [0.15, 0.2) is 0 Å². The van der Waals surface area contributed by atoms with Gasteiger partial charge in [-0.25, -0.2) is 19.9 Å². The van der Waals surface area contributed by atoms with Gasteiger partial charge in [0.2, 0.25) is 11.9 Å². The number of nitrogens with zero attached hydrogens (tertiary/aromatic N) is 6. The zero-order valence-electron chi connectivity index (χ0n) is 33.9. The number of hydrogen-bond acceptors (Lipinski definition) is 9. The number of hydrogen-bond donors (Lipinski definition) is 3. The van der Waals surface area contributed by atoms with E-state index >= 15 is 0 Å². The number of para-hydroxylation sites is 2. The third-order valence-electron chi connectivity index (χ3n) is 12.7. The number of methoxy groups -OCH3 is 1. The first kappa shape index (κ1) is 39.1. The van der Waals surface area contributed by atoms with Crippen molar-refractivity contribution in [2.24, 2.45) is 0 Å². The molecule has 12 heteroatoms. The maximum absolute atomic E-state index is 12.0. The second-order valence-electron chi connectivity index (χ2n) is 16.0. The first-order valence-electron chi connectivity index (χ1n) is 20.5. The highest BCUT2D eigenvalue weighted by atomic mass is 16.5. The Bertz CT molecular complexity index is 2860. The van der Waals surface area contributed by atoms with Gasteiger partial charge < -0.3 is 30.4 Å². The lowest BCUT2D eigenvalue weighted by atomic mass is 9.60. The third kappa shape index (κ3) is 7.24. The minimum atomic E-state index is -0.833. The largest absolute Gasteiger partial charge is 0.480 e. The van der Waals surface area contributed by atoms with Gasteiger partial charge in [-0.15, -0.1) is 0 Å². The van der Waals surface area contributed by atoms with E-state index in [0.29, 0.717) is 0 Å². The first-order valence-corrected chi connectivity index (χ1v) is 20.5. The average molecular weight is 811 g/mol. The summed E-state index contributed by atoms with van der Waals surface area (Å²) in [4.78, 5) is 39.7. The van der Waals surface area contributed by atoms with Gasteiger partial charge in [0, 0.05) is 80.9 Å². The van der Waals surface area contributed by atoms with E-state index < -0.39 is 5.97 Å². The fraction of sp³-hybridized carbons (Fsp3) is 0.224. The van der Waals surface area contributed by atoms with Gasteiger partial charge in [-0.3, -0.25) is 9.59 Å². The summed E-state index contributed by atoms with van der Waals surface area (Å²) in [5.41, 5.74) is 22.1. The van der Waals surface area contributed by atoms with Crippen LogP contribution in [0.1, 0.15) is 60.8 Å². The minimum Gasteiger partial charge on any atom is -0.480 e. The topological polar surface area (TPSA) is 177 Å². The molecule has 0 spiro atoms. The van der Waals surface area contributed by atoms with Crippen molar-refractivity contribution >= 4 is 45.6 Å². The van der Waals surface area contributed by atoms with Gasteiger partial charge in [0.1, 0.15) is 13.1 Å². The van der Waals surface area contributed by atoms with Crippen molar-refractivity contribution in [2.75, 3.05) is 18.6 Å². The molecule has 10 rings (SSSR count). The molecular formula is C49H46N8O4. The Morgan fingerprint density at radius 3 is 1.34 bits per heavy atom. The van der Waals surface area contributed by atoms with Crippen LogP contribution in [0.4, 0.5) is 11.9 Å². The van der Waals surface area contributed by atoms with Gasteiger partial charge >= 0.3 is 11.9 Å². The molecule has 4 aromatic heterocycles. The lowest BCUT2D eigenvalue weighted by Gasteiger charge is -2.43. The molecule has 0 bridgehead atoms. The van der Waals surface area contributed by atoms with Crippen LogP contribution in [-0.2, 0) is 38.2 Å². The van der Waals surface area contributed by atoms with Crippen LogP contribution in [-0.4, -0.2) is 53.2 Å². The van der Waals surface area contributed by atoms with Gasteiger partial charge in [-0.1, -0.05) is 97.8 Å². The van der Waals surface area contributed by atoms with Crippen molar-refractivity contribution in [3.63, 3.8) is 0 Å². The second-order valence-corrected chi connectivity index (χ2v) is 16.0. The number of benzene rings is 4. The Balaban J connectivity index is 0.000000156. The highest BCUT2D eigenvalue weighted by Gasteiger charge is 2.43. The number of rotatable bonds is 10. The number of fused-ring (bicyclic) bond motifs is 2. The van der Waals surface area contributed by atoms with Crippen molar-refractivity contribution in [3.8, 4) is 22.3 Å². The molecule has 2 saturated carbocycles. The van der Waals surface area contributed by atoms with E-state index in [1.807, 2.05) is 39.6 Å². The molecule has 0 amide bonds. The summed E-state index contributed by atoms with van der Waals surface area (Å²) < 4.78 is 8.77. The Labute approximate surface area is 352 Å². The van der Waals surface area contributed by atoms with Crippen LogP contribution in [0.25, 0.3) is 44.1 Å². The summed E-state index contributed by atoms with van der Waals surface area (Å²) >= 11 is 0. The molecule has 0 saturated heterocycles. The van der Waals surface area contributed by atoms with Gasteiger partial charge in [0.05, 0.1) is 7.11 Å². The molecule has 8 aromatic rings. The highest BCUT2D eigenvalue weighted by molar-refractivity contribution is 5.88. The first-order chi connectivity index (χ1) is 29.7. The van der Waals surface area contributed by atoms with E-state index in [1.165, 1.54) is 41.2 Å². The summed E-state index contributed by atoms with van der Waals surface area (Å²) in [6, 6.07) is 33.6. The van der Waals surface area contributed by atoms with Crippen LogP contribution in [0.2, 0.25) is 0 Å². The second kappa shape index (κ2) is 16.0. The molecule has 2 aliphatic rings. The molecule has 5 N–H and O–H groups in total. The summed E-state index contributed by atoms with van der Waals surface area (Å²) in [5.74, 6) is -0.538. The molecule has 0 atom stereocenters. The molecule has 4 aromatic carbocycles. The Kier molecular flexibility index (Phi) is 10.3. The predicted octanol–water partition coefficient (Wildman–Crippen LogP) is 8.56. The minimum absolute atomic E-state index is 0.0351. The van der Waals surface area contributed by atoms with Crippen molar-refractivity contribution < 1.29 is 19.4 Å². The predicted molar refractivity (Wildman–Crippen MR) is 237 cm³/mol. The molecule has 0 unspecified atom stereocenters. The van der Waals surface area contributed by atoms with E-state index in [-0.39, 0.29) is 41.8 Å². The number of aromatic nitrogens is 6. The van der Waals surface area contributed by atoms with Crippen molar-refractivity contribution in [1.29, 1.82) is 0 Å². The summed E-state index contributed by atoms with van der Waals surface area (Å²) in [5, 5.41) is 11.7. The molecular weight excluding hydrogens is 765 g/mol. The monoisotopic (exact) mass is 810 g/mol. The van der Waals surface area contributed by atoms with E-state index in [4.69, 9.17) is 16.2 Å². The Hall–Kier alpha value is -7.34. The lowest BCUT2D eigenvalue weighted by molar-refractivity contribution is -0.141. The number of esters is 1. The number of aliphatic carboxylic acids is 1. The molecule has 0 aliphatic heterocycles. The fourth-order valence-corrected chi connectivity index (χ4v) is 9.29. The van der Waals surface area contributed by atoms with E-state index in [0.717, 1.165) is 70.8 Å². The van der Waals surface area contributed by atoms with E-state index in [2.05, 4.69) is 98.9 Å². The van der Waals surface area contributed by atoms with Crippen molar-refractivity contribution in [2.45, 2.75) is 62.4 Å². The van der Waals surface area contributed by atoms with Gasteiger partial charge in [-0.05, 0) is 71.2 Å². The molecule has 61 heavy (non-hydrogen) atoms. The fourth-order valence-electron chi connectivity index (χ4n) is 9.29. The number of nitrogen functional groups attached to an aromatic ring is 2. The smallest absolute Gasteiger partial charge is 0.325 e. The summed E-state index contributed by atoms with van der Waals surface area (Å²) in [7, 11) is 1.43. The van der Waals surface area contributed by atoms with Crippen LogP contribution in [0, 0.1) is 0 Å². The third-order valence-corrected chi connectivity index (χ3v) is 12.7. The number of carboxylic acid groups (broad SMARTS) is 1. The quantitative estimate of drug-likeness (QED) is 0.113. The maximum atomic E-state index is 12.0. The normalized spacial score (nSPS) is 15.0. The molecule has 0 radical (unpaired) electrons. The molecule has 2 fully saturated rings.